The van der Waals surface area contributed by atoms with Gasteiger partial charge in [0, 0.05) is 68.7 Å². The number of para-hydroxylation sites is 1. The lowest BCUT2D eigenvalue weighted by Crippen LogP contribution is -2.57. The molecule has 3 aromatic rings. The smallest absolute Gasteiger partial charge is 0.315 e. The van der Waals surface area contributed by atoms with E-state index >= 15 is 0 Å². The Labute approximate surface area is 247 Å². The second kappa shape index (κ2) is 11.8. The number of aromatic nitrogens is 1. The molecule has 9 nitrogen and oxygen atoms in total. The van der Waals surface area contributed by atoms with Crippen molar-refractivity contribution < 1.29 is 14.4 Å². The van der Waals surface area contributed by atoms with Crippen molar-refractivity contribution in [1.82, 2.24) is 30.7 Å². The van der Waals surface area contributed by atoms with Crippen molar-refractivity contribution in [2.75, 3.05) is 40.3 Å². The number of likely N-dealkylation sites (tertiary alicyclic amines) is 1. The number of H-pyrrole nitrogens is 1. The zero-order valence-corrected chi connectivity index (χ0v) is 24.6. The number of piperidine rings is 2. The molecule has 222 valence electrons. The maximum atomic E-state index is 14.1. The quantitative estimate of drug-likeness (QED) is 0.365. The summed E-state index contributed by atoms with van der Waals surface area (Å²) in [5.74, 6) is -0.0630. The van der Waals surface area contributed by atoms with Gasteiger partial charge in [-0.3, -0.25) is 9.59 Å². The van der Waals surface area contributed by atoms with E-state index in [2.05, 4.69) is 39.1 Å². The van der Waals surface area contributed by atoms with Gasteiger partial charge in [0.2, 0.25) is 11.8 Å². The van der Waals surface area contributed by atoms with E-state index in [1.165, 1.54) is 5.56 Å². The zero-order valence-electron chi connectivity index (χ0n) is 24.6. The van der Waals surface area contributed by atoms with Gasteiger partial charge in [0.25, 0.3) is 0 Å². The van der Waals surface area contributed by atoms with Crippen LogP contribution in [0.3, 0.4) is 0 Å². The Morgan fingerprint density at radius 3 is 2.60 bits per heavy atom. The van der Waals surface area contributed by atoms with E-state index in [1.54, 1.807) is 4.90 Å². The number of urea groups is 1. The number of amides is 4. The minimum atomic E-state index is -0.686. The highest BCUT2D eigenvalue weighted by Gasteiger charge is 2.48. The monoisotopic (exact) mass is 570 g/mol. The van der Waals surface area contributed by atoms with Crippen LogP contribution in [-0.4, -0.2) is 85.0 Å². The Balaban J connectivity index is 1.19. The summed E-state index contributed by atoms with van der Waals surface area (Å²) in [6.07, 6.45) is 6.66. The molecule has 2 saturated heterocycles. The molecule has 3 heterocycles. The first-order chi connectivity index (χ1) is 20.3. The molecule has 1 spiro atoms. The molecule has 1 aliphatic carbocycles. The lowest BCUT2D eigenvalue weighted by Gasteiger charge is -2.41. The van der Waals surface area contributed by atoms with Gasteiger partial charge in [-0.15, -0.1) is 0 Å². The molecule has 2 aromatic carbocycles. The van der Waals surface area contributed by atoms with Gasteiger partial charge in [-0.25, -0.2) is 4.79 Å². The van der Waals surface area contributed by atoms with E-state index < -0.39 is 6.04 Å². The van der Waals surface area contributed by atoms with Crippen LogP contribution < -0.4 is 16.0 Å². The molecule has 4 amide bonds. The average Bonchev–Trinajstić information content (AvgIpc) is 3.56. The van der Waals surface area contributed by atoms with Gasteiger partial charge in [-0.1, -0.05) is 42.5 Å². The second-order valence-corrected chi connectivity index (χ2v) is 12.5. The van der Waals surface area contributed by atoms with Crippen molar-refractivity contribution in [3.63, 3.8) is 0 Å². The number of hydrogen-bond acceptors (Lipinski definition) is 4. The third-order valence-corrected chi connectivity index (χ3v) is 9.61. The Bertz CT molecular complexity index is 1450. The molecular weight excluding hydrogens is 528 g/mol. The van der Waals surface area contributed by atoms with Gasteiger partial charge in [-0.05, 0) is 61.4 Å². The molecule has 3 aliphatic rings. The van der Waals surface area contributed by atoms with Gasteiger partial charge in [0.1, 0.15) is 6.04 Å². The fourth-order valence-electron chi connectivity index (χ4n) is 7.36. The summed E-state index contributed by atoms with van der Waals surface area (Å²) in [5.41, 5.74) is 4.29. The van der Waals surface area contributed by atoms with Crippen LogP contribution in [0.4, 0.5) is 4.79 Å². The first-order valence-corrected chi connectivity index (χ1v) is 15.3. The third kappa shape index (κ3) is 5.50. The predicted molar refractivity (Wildman–Crippen MR) is 163 cm³/mol. The van der Waals surface area contributed by atoms with E-state index in [4.69, 9.17) is 0 Å². The van der Waals surface area contributed by atoms with Gasteiger partial charge in [-0.2, -0.15) is 0 Å². The number of likely N-dealkylation sites (N-methyl/N-ethyl adjacent to an activating group) is 1. The van der Waals surface area contributed by atoms with Crippen molar-refractivity contribution in [3.05, 3.63) is 71.4 Å². The first-order valence-electron chi connectivity index (χ1n) is 15.3. The van der Waals surface area contributed by atoms with Crippen LogP contribution in [-0.2, 0) is 21.4 Å². The zero-order chi connectivity index (χ0) is 29.3. The fourth-order valence-corrected chi connectivity index (χ4v) is 7.36. The molecule has 1 unspecified atom stereocenters. The van der Waals surface area contributed by atoms with Crippen molar-refractivity contribution >= 4 is 28.7 Å². The maximum absolute atomic E-state index is 14.1. The van der Waals surface area contributed by atoms with E-state index in [9.17, 15) is 14.4 Å². The number of carbonyl (C=O) groups is 3. The molecule has 2 aliphatic heterocycles. The van der Waals surface area contributed by atoms with Crippen molar-refractivity contribution in [1.29, 1.82) is 0 Å². The van der Waals surface area contributed by atoms with Crippen molar-refractivity contribution in [3.8, 4) is 0 Å². The second-order valence-electron chi connectivity index (χ2n) is 12.5. The topological polar surface area (TPSA) is 110 Å². The molecule has 4 N–H and O–H groups in total. The van der Waals surface area contributed by atoms with Crippen molar-refractivity contribution in [2.45, 2.75) is 61.9 Å². The summed E-state index contributed by atoms with van der Waals surface area (Å²) in [4.78, 5) is 47.2. The van der Waals surface area contributed by atoms with Crippen LogP contribution >= 0.6 is 0 Å². The maximum Gasteiger partial charge on any atom is 0.315 e. The van der Waals surface area contributed by atoms with Crippen molar-refractivity contribution in [2.24, 2.45) is 0 Å². The number of aromatic amines is 1. The molecule has 1 aromatic heterocycles. The molecule has 3 atom stereocenters. The standard InChI is InChI=1S/C33H42N6O3/c1-38(2)30(40)26-19-33(27-11-5-3-10-25(26)27)13-16-39(17-14-33)31(41)29(37-32(42)36-23-8-7-15-34-21-23)18-22-20-35-28-12-6-4-9-24(22)28/h3-6,9-12,20,23,26,29,34-35H,7-8,13-19,21H2,1-2H3,(H2,36,37,42)/t23?,26-,29-/m1/s1. The summed E-state index contributed by atoms with van der Waals surface area (Å²) in [7, 11) is 3.64. The number of nitrogens with one attached hydrogen (secondary N) is 4. The molecule has 2 fully saturated rings. The highest BCUT2D eigenvalue weighted by molar-refractivity contribution is 5.90. The largest absolute Gasteiger partial charge is 0.361 e. The minimum Gasteiger partial charge on any atom is -0.361 e. The number of carbonyl (C=O) groups excluding carboxylic acids is 3. The number of rotatable bonds is 6. The van der Waals surface area contributed by atoms with E-state index in [0.29, 0.717) is 19.5 Å². The molecular formula is C33H42N6O3. The van der Waals surface area contributed by atoms with E-state index in [1.807, 2.05) is 55.5 Å². The molecule has 9 heteroatoms. The molecule has 0 radical (unpaired) electrons. The average molecular weight is 571 g/mol. The highest BCUT2D eigenvalue weighted by Crippen LogP contribution is 2.52. The van der Waals surface area contributed by atoms with Crippen LogP contribution in [0.5, 0.6) is 0 Å². The van der Waals surface area contributed by atoms with Gasteiger partial charge < -0.3 is 30.7 Å². The SMILES string of the molecule is CN(C)C(=O)[C@@H]1CC2(CCN(C(=O)[C@@H](Cc3c[nH]c4ccccc34)NC(=O)NC3CCCNC3)CC2)c2ccccc21. The van der Waals surface area contributed by atoms with Crippen LogP contribution in [0.2, 0.25) is 0 Å². The lowest BCUT2D eigenvalue weighted by molar-refractivity contribution is -0.135. The summed E-state index contributed by atoms with van der Waals surface area (Å²) >= 11 is 0. The first kappa shape index (κ1) is 28.3. The van der Waals surface area contributed by atoms with Gasteiger partial charge in [0.05, 0.1) is 5.92 Å². The molecule has 0 saturated carbocycles. The van der Waals surface area contributed by atoms with Crippen LogP contribution in [0, 0.1) is 0 Å². The Kier molecular flexibility index (Phi) is 7.94. The highest BCUT2D eigenvalue weighted by atomic mass is 16.2. The third-order valence-electron chi connectivity index (χ3n) is 9.61. The summed E-state index contributed by atoms with van der Waals surface area (Å²) in [6.45, 7) is 2.89. The Morgan fingerprint density at radius 2 is 1.83 bits per heavy atom. The number of benzene rings is 2. The van der Waals surface area contributed by atoms with Gasteiger partial charge >= 0.3 is 6.03 Å². The predicted octanol–water partition coefficient (Wildman–Crippen LogP) is 3.27. The van der Waals surface area contributed by atoms with Gasteiger partial charge in [0.15, 0.2) is 0 Å². The molecule has 0 bridgehead atoms. The molecule has 6 rings (SSSR count). The number of fused-ring (bicyclic) bond motifs is 3. The normalized spacial score (nSPS) is 22.0. The Hall–Kier alpha value is -3.85. The Morgan fingerprint density at radius 1 is 1.07 bits per heavy atom. The van der Waals surface area contributed by atoms with Crippen LogP contribution in [0.15, 0.2) is 54.7 Å². The summed E-state index contributed by atoms with van der Waals surface area (Å²) in [5, 5.41) is 10.5. The number of nitrogens with zero attached hydrogens (tertiary/aromatic N) is 2. The van der Waals surface area contributed by atoms with E-state index in [-0.39, 0.29) is 35.2 Å². The molecule has 42 heavy (non-hydrogen) atoms. The van der Waals surface area contributed by atoms with Crippen LogP contribution in [0.1, 0.15) is 54.7 Å². The number of hydrogen-bond donors (Lipinski definition) is 4. The summed E-state index contributed by atoms with van der Waals surface area (Å²) < 4.78 is 0. The summed E-state index contributed by atoms with van der Waals surface area (Å²) in [6, 6.07) is 15.4. The fraction of sp³-hybridized carbons (Fsp3) is 0.485. The van der Waals surface area contributed by atoms with E-state index in [0.717, 1.165) is 67.2 Å². The minimum absolute atomic E-state index is 0.0534. The van der Waals surface area contributed by atoms with Crippen LogP contribution in [0.25, 0.3) is 10.9 Å². The lowest BCUT2D eigenvalue weighted by atomic mass is 9.73.